The highest BCUT2D eigenvalue weighted by atomic mass is 32.2. The smallest absolute Gasteiger partial charge is 0.387 e. The van der Waals surface area contributed by atoms with Crippen molar-refractivity contribution in [1.82, 2.24) is 15.0 Å². The third-order valence-electron chi connectivity index (χ3n) is 6.77. The van der Waals surface area contributed by atoms with Gasteiger partial charge in [0.1, 0.15) is 23.1 Å². The van der Waals surface area contributed by atoms with Crippen LogP contribution in [-0.4, -0.2) is 63.8 Å². The second-order valence-electron chi connectivity index (χ2n) is 9.96. The topological polar surface area (TPSA) is 174 Å². The van der Waals surface area contributed by atoms with Crippen molar-refractivity contribution in [2.75, 3.05) is 5.75 Å². The number of alkyl halides is 2. The van der Waals surface area contributed by atoms with Gasteiger partial charge in [0.25, 0.3) is 15.9 Å². The molecule has 236 valence electrons. The van der Waals surface area contributed by atoms with Gasteiger partial charge in [-0.05, 0) is 36.8 Å². The minimum Gasteiger partial charge on any atom is -0.435 e. The Labute approximate surface area is 256 Å². The molecule has 45 heavy (non-hydrogen) atoms. The first-order chi connectivity index (χ1) is 21.4. The van der Waals surface area contributed by atoms with E-state index in [4.69, 9.17) is 4.42 Å². The molecule has 0 saturated heterocycles. The molecule has 4 aromatic rings. The summed E-state index contributed by atoms with van der Waals surface area (Å²) >= 11 is 0. The molecular weight excluding hydrogens is 634 g/mol. The van der Waals surface area contributed by atoms with Crippen molar-refractivity contribution in [3.8, 4) is 5.75 Å². The van der Waals surface area contributed by atoms with E-state index in [1.54, 1.807) is 31.2 Å². The molecule has 1 aromatic heterocycles. The van der Waals surface area contributed by atoms with Crippen LogP contribution in [-0.2, 0) is 30.4 Å². The number of halogens is 2. The number of carbonyl (C=O) groups excluding carboxylic acids is 2. The summed E-state index contributed by atoms with van der Waals surface area (Å²) in [4.78, 5) is 35.1. The number of amidine groups is 1. The number of hydrogen-bond acceptors (Lipinski definition) is 10. The molecule has 0 bridgehead atoms. The quantitative estimate of drug-likeness (QED) is 0.216. The number of ketones is 1. The van der Waals surface area contributed by atoms with Crippen LogP contribution in [0.5, 0.6) is 5.75 Å². The van der Waals surface area contributed by atoms with Crippen LogP contribution in [0.2, 0.25) is 0 Å². The largest absolute Gasteiger partial charge is 0.435 e. The molecule has 2 heterocycles. The van der Waals surface area contributed by atoms with Crippen LogP contribution >= 0.6 is 0 Å². The number of fused-ring (bicyclic) bond motifs is 2. The lowest BCUT2D eigenvalue weighted by Crippen LogP contribution is -2.47. The molecule has 1 aliphatic heterocycles. The zero-order chi connectivity index (χ0) is 32.4. The van der Waals surface area contributed by atoms with E-state index >= 15 is 0 Å². The lowest BCUT2D eigenvalue weighted by Gasteiger charge is -2.19. The molecule has 12 nitrogen and oxygen atoms in total. The van der Waals surface area contributed by atoms with Gasteiger partial charge >= 0.3 is 6.61 Å². The SMILES string of the molecule is CC[C@H](NC(=O)[C@H](CS(=O)(=O)Cc1ccccc1OC(F)F)N=C1NS(=O)(=O)c2ccccc21)C(=O)c1nc2ccccc2o1. The molecule has 16 heteroatoms. The van der Waals surface area contributed by atoms with Crippen molar-refractivity contribution in [3.63, 3.8) is 0 Å². The number of para-hydroxylation sites is 3. The van der Waals surface area contributed by atoms with Crippen molar-refractivity contribution >= 4 is 48.5 Å². The first-order valence-corrected chi connectivity index (χ1v) is 16.8. The molecule has 2 N–H and O–H groups in total. The normalized spacial score (nSPS) is 16.2. The van der Waals surface area contributed by atoms with Crippen LogP contribution in [0.25, 0.3) is 11.1 Å². The van der Waals surface area contributed by atoms with Crippen molar-refractivity contribution in [2.24, 2.45) is 4.99 Å². The van der Waals surface area contributed by atoms with Gasteiger partial charge in [-0.3, -0.25) is 19.3 Å². The highest BCUT2D eigenvalue weighted by Gasteiger charge is 2.35. The van der Waals surface area contributed by atoms with Crippen molar-refractivity contribution in [3.05, 3.63) is 89.8 Å². The number of nitrogens with one attached hydrogen (secondary N) is 2. The van der Waals surface area contributed by atoms with Gasteiger partial charge in [0.05, 0.1) is 22.4 Å². The average molecular weight is 661 g/mol. The number of sulfone groups is 1. The lowest BCUT2D eigenvalue weighted by atomic mass is 10.1. The van der Waals surface area contributed by atoms with E-state index in [0.717, 1.165) is 0 Å². The molecule has 3 aromatic carbocycles. The van der Waals surface area contributed by atoms with E-state index in [1.807, 2.05) is 0 Å². The Morgan fingerprint density at radius 1 is 1.04 bits per heavy atom. The minimum absolute atomic E-state index is 0.0626. The maximum atomic E-state index is 13.6. The fourth-order valence-corrected chi connectivity index (χ4v) is 7.45. The number of rotatable bonds is 12. The number of amides is 1. The van der Waals surface area contributed by atoms with Gasteiger partial charge in [-0.2, -0.15) is 8.78 Å². The Hall–Kier alpha value is -4.70. The lowest BCUT2D eigenvalue weighted by molar-refractivity contribution is -0.122. The van der Waals surface area contributed by atoms with E-state index in [2.05, 4.69) is 24.8 Å². The Morgan fingerprint density at radius 2 is 1.73 bits per heavy atom. The monoisotopic (exact) mass is 660 g/mol. The highest BCUT2D eigenvalue weighted by Crippen LogP contribution is 2.25. The van der Waals surface area contributed by atoms with Crippen molar-refractivity contribution in [2.45, 2.75) is 42.7 Å². The highest BCUT2D eigenvalue weighted by molar-refractivity contribution is 7.91. The van der Waals surface area contributed by atoms with Crippen molar-refractivity contribution in [1.29, 1.82) is 0 Å². The second-order valence-corrected chi connectivity index (χ2v) is 13.7. The number of aromatic nitrogens is 1. The molecule has 0 fully saturated rings. The maximum absolute atomic E-state index is 13.6. The minimum atomic E-state index is -4.30. The number of hydrogen-bond donors (Lipinski definition) is 2. The standard InChI is InChI=1S/C29H26F2N4O8S2/c1-2-19(25(36)28-34-20-11-5-7-13-23(20)42-28)33-27(37)21(32-26-18-10-4-8-14-24(18)45(40,41)35-26)16-44(38,39)15-17-9-3-6-12-22(17)43-29(30)31/h3-14,19,21,29H,2,15-16H2,1H3,(H,32,35)(H,33,37)/t19-,21-/m0/s1. The summed E-state index contributed by atoms with van der Waals surface area (Å²) in [6.45, 7) is -1.61. The van der Waals surface area contributed by atoms with Crippen LogP contribution in [0.4, 0.5) is 8.78 Å². The molecular formula is C29H26F2N4O8S2. The Balaban J connectivity index is 1.46. The molecule has 0 unspecified atom stereocenters. The molecule has 2 atom stereocenters. The fraction of sp³-hybridized carbons (Fsp3) is 0.241. The first-order valence-electron chi connectivity index (χ1n) is 13.5. The number of aliphatic imine (C=N–C) groups is 1. The van der Waals surface area contributed by atoms with E-state index in [0.29, 0.717) is 11.1 Å². The van der Waals surface area contributed by atoms with E-state index < -0.39 is 61.8 Å². The number of benzene rings is 3. The van der Waals surface area contributed by atoms with Crippen LogP contribution in [0, 0.1) is 0 Å². The summed E-state index contributed by atoms with van der Waals surface area (Å²) < 4.78 is 90.2. The van der Waals surface area contributed by atoms with Gasteiger partial charge in [-0.1, -0.05) is 49.4 Å². The second kappa shape index (κ2) is 12.7. The van der Waals surface area contributed by atoms with Crippen LogP contribution in [0.3, 0.4) is 0 Å². The Bertz CT molecular complexity index is 1980. The molecule has 0 spiro atoms. The van der Waals surface area contributed by atoms with Crippen molar-refractivity contribution < 1.29 is 44.4 Å². The first kappa shape index (κ1) is 31.7. The summed E-state index contributed by atoms with van der Waals surface area (Å²) in [5.41, 5.74) is 0.786. The van der Waals surface area contributed by atoms with E-state index in [-0.39, 0.29) is 39.9 Å². The number of nitrogens with zero attached hydrogens (tertiary/aromatic N) is 2. The van der Waals surface area contributed by atoms with Crippen LogP contribution in [0.15, 0.2) is 87.1 Å². The average Bonchev–Trinajstić information content (AvgIpc) is 3.54. The predicted molar refractivity (Wildman–Crippen MR) is 158 cm³/mol. The molecule has 0 aliphatic carbocycles. The summed E-state index contributed by atoms with van der Waals surface area (Å²) in [7, 11) is -8.35. The third kappa shape index (κ3) is 7.17. The van der Waals surface area contributed by atoms with Gasteiger partial charge in [0.15, 0.2) is 15.4 Å². The number of oxazole rings is 1. The number of carbonyl (C=O) groups is 2. The van der Waals surface area contributed by atoms with Gasteiger partial charge in [0.2, 0.25) is 11.7 Å². The zero-order valence-corrected chi connectivity index (χ0v) is 25.1. The summed E-state index contributed by atoms with van der Waals surface area (Å²) in [6.07, 6.45) is 0.0626. The molecule has 1 aliphatic rings. The van der Waals surface area contributed by atoms with Gasteiger partial charge < -0.3 is 14.5 Å². The number of sulfonamides is 1. The summed E-state index contributed by atoms with van der Waals surface area (Å²) in [5.74, 6) is -4.37. The van der Waals surface area contributed by atoms with Gasteiger partial charge in [0, 0.05) is 11.1 Å². The summed E-state index contributed by atoms with van der Waals surface area (Å²) in [6, 6.07) is 14.7. The van der Waals surface area contributed by atoms with Crippen LogP contribution in [0.1, 0.15) is 35.2 Å². The third-order valence-corrected chi connectivity index (χ3v) is 9.74. The Kier molecular flexibility index (Phi) is 8.97. The predicted octanol–water partition coefficient (Wildman–Crippen LogP) is 3.23. The number of Topliss-reactive ketones (excluding diaryl/α,β-unsaturated/α-hetero) is 1. The molecule has 0 saturated carbocycles. The van der Waals surface area contributed by atoms with E-state index in [9.17, 15) is 35.2 Å². The fourth-order valence-electron chi connectivity index (χ4n) is 4.68. The molecule has 0 radical (unpaired) electrons. The number of ether oxygens (including phenoxy) is 1. The molecule has 5 rings (SSSR count). The Morgan fingerprint density at radius 3 is 2.47 bits per heavy atom. The van der Waals surface area contributed by atoms with Crippen LogP contribution < -0.4 is 14.8 Å². The summed E-state index contributed by atoms with van der Waals surface area (Å²) in [5, 5.41) is 2.49. The zero-order valence-electron chi connectivity index (χ0n) is 23.5. The van der Waals surface area contributed by atoms with Gasteiger partial charge in [-0.25, -0.2) is 21.8 Å². The maximum Gasteiger partial charge on any atom is 0.387 e. The van der Waals surface area contributed by atoms with E-state index in [1.165, 1.54) is 48.5 Å². The van der Waals surface area contributed by atoms with Gasteiger partial charge in [-0.15, -0.1) is 0 Å². The molecule has 1 amide bonds.